The molecule has 0 fully saturated rings. The van der Waals surface area contributed by atoms with Crippen LogP contribution in [0.4, 0.5) is 0 Å². The predicted octanol–water partition coefficient (Wildman–Crippen LogP) is 1.79. The lowest BCUT2D eigenvalue weighted by molar-refractivity contribution is -0.152. The van der Waals surface area contributed by atoms with Gasteiger partial charge in [0, 0.05) is 20.5 Å². The molecule has 3 amide bonds. The Morgan fingerprint density at radius 3 is 1.96 bits per heavy atom. The van der Waals surface area contributed by atoms with Crippen LogP contribution in [0.15, 0.2) is 12.7 Å². The van der Waals surface area contributed by atoms with E-state index in [9.17, 15) is 19.5 Å². The number of aliphatic hydroxyl groups is 1. The number of primary amides is 1. The van der Waals surface area contributed by atoms with Gasteiger partial charge in [0.2, 0.25) is 17.7 Å². The summed E-state index contributed by atoms with van der Waals surface area (Å²) in [4.78, 5) is 40.4. The van der Waals surface area contributed by atoms with Gasteiger partial charge in [-0.25, -0.2) is 0 Å². The van der Waals surface area contributed by atoms with Crippen molar-refractivity contribution < 1.29 is 19.5 Å². The van der Waals surface area contributed by atoms with Gasteiger partial charge in [-0.15, -0.1) is 6.58 Å². The van der Waals surface area contributed by atoms with E-state index in [2.05, 4.69) is 6.58 Å². The Morgan fingerprint density at radius 2 is 1.57 bits per heavy atom. The van der Waals surface area contributed by atoms with E-state index in [1.54, 1.807) is 20.0 Å². The monoisotopic (exact) mass is 397 g/mol. The summed E-state index contributed by atoms with van der Waals surface area (Å²) in [5.41, 5.74) is 5.50. The Balaban J connectivity index is 5.58. The van der Waals surface area contributed by atoms with Gasteiger partial charge in [0.15, 0.2) is 0 Å². The van der Waals surface area contributed by atoms with Crippen molar-refractivity contribution in [1.82, 2.24) is 9.80 Å². The summed E-state index contributed by atoms with van der Waals surface area (Å²) in [6.07, 6.45) is 2.09. The number of carbonyl (C=O) groups excluding carboxylic acids is 3. The lowest BCUT2D eigenvalue weighted by Gasteiger charge is -2.38. The number of hydrogen-bond acceptors (Lipinski definition) is 4. The fourth-order valence-electron chi connectivity index (χ4n) is 3.29. The molecule has 0 aromatic carbocycles. The maximum atomic E-state index is 13.2. The van der Waals surface area contributed by atoms with Crippen LogP contribution >= 0.6 is 0 Å². The average Bonchev–Trinajstić information content (AvgIpc) is 2.58. The van der Waals surface area contributed by atoms with Crippen molar-refractivity contribution in [3.05, 3.63) is 12.7 Å². The SMILES string of the molecule is C=CC[C@@H](C)[C@@H](O)[C@@H](C(N)=O)N(C)C(=O)[C@H](C(C)C)N(C)C(=O)CCC(C)C. The van der Waals surface area contributed by atoms with E-state index >= 15 is 0 Å². The molecule has 0 spiro atoms. The Labute approximate surface area is 169 Å². The van der Waals surface area contributed by atoms with Gasteiger partial charge in [0.05, 0.1) is 6.10 Å². The highest BCUT2D eigenvalue weighted by molar-refractivity contribution is 5.92. The zero-order valence-electron chi connectivity index (χ0n) is 18.5. The maximum Gasteiger partial charge on any atom is 0.246 e. The summed E-state index contributed by atoms with van der Waals surface area (Å²) in [6, 6.07) is -1.92. The Kier molecular flexibility index (Phi) is 11.0. The summed E-state index contributed by atoms with van der Waals surface area (Å²) in [5.74, 6) is -1.40. The smallest absolute Gasteiger partial charge is 0.246 e. The third kappa shape index (κ3) is 7.26. The molecule has 0 aromatic rings. The van der Waals surface area contributed by atoms with Crippen LogP contribution in [0.1, 0.15) is 53.9 Å². The third-order valence-corrected chi connectivity index (χ3v) is 5.13. The van der Waals surface area contributed by atoms with E-state index in [4.69, 9.17) is 5.73 Å². The Hall–Kier alpha value is -1.89. The summed E-state index contributed by atoms with van der Waals surface area (Å²) in [6.45, 7) is 13.2. The first-order chi connectivity index (χ1) is 12.9. The Morgan fingerprint density at radius 1 is 1.04 bits per heavy atom. The molecular formula is C21H39N3O4. The number of amides is 3. The Bertz CT molecular complexity index is 548. The molecule has 4 atom stereocenters. The van der Waals surface area contributed by atoms with E-state index in [0.29, 0.717) is 18.8 Å². The normalized spacial score (nSPS) is 15.6. The molecular weight excluding hydrogens is 358 g/mol. The topological polar surface area (TPSA) is 104 Å². The van der Waals surface area contributed by atoms with E-state index in [1.165, 1.54) is 16.8 Å². The molecule has 0 aliphatic heterocycles. The van der Waals surface area contributed by atoms with Crippen LogP contribution in [-0.4, -0.2) is 64.9 Å². The summed E-state index contributed by atoms with van der Waals surface area (Å²) in [7, 11) is 3.05. The molecule has 0 radical (unpaired) electrons. The van der Waals surface area contributed by atoms with Crippen LogP contribution in [0, 0.1) is 17.8 Å². The number of allylic oxidation sites excluding steroid dienone is 1. The van der Waals surface area contributed by atoms with Crippen molar-refractivity contribution >= 4 is 17.7 Å². The van der Waals surface area contributed by atoms with Crippen molar-refractivity contribution in [2.45, 2.75) is 72.1 Å². The molecule has 3 N–H and O–H groups in total. The van der Waals surface area contributed by atoms with Crippen LogP contribution in [0.3, 0.4) is 0 Å². The average molecular weight is 398 g/mol. The first-order valence-electron chi connectivity index (χ1n) is 9.97. The van der Waals surface area contributed by atoms with Crippen molar-refractivity contribution in [2.75, 3.05) is 14.1 Å². The fourth-order valence-corrected chi connectivity index (χ4v) is 3.29. The molecule has 0 rings (SSSR count). The lowest BCUT2D eigenvalue weighted by Crippen LogP contribution is -2.59. The van der Waals surface area contributed by atoms with E-state index in [0.717, 1.165) is 6.42 Å². The number of aliphatic hydroxyl groups excluding tert-OH is 1. The van der Waals surface area contributed by atoms with Crippen LogP contribution < -0.4 is 5.73 Å². The van der Waals surface area contributed by atoms with Gasteiger partial charge in [0.1, 0.15) is 12.1 Å². The summed E-state index contributed by atoms with van der Waals surface area (Å²) < 4.78 is 0. The third-order valence-electron chi connectivity index (χ3n) is 5.13. The van der Waals surface area contributed by atoms with Crippen molar-refractivity contribution in [3.8, 4) is 0 Å². The van der Waals surface area contributed by atoms with Crippen LogP contribution in [0.5, 0.6) is 0 Å². The van der Waals surface area contributed by atoms with E-state index in [1.807, 2.05) is 27.7 Å². The van der Waals surface area contributed by atoms with Gasteiger partial charge in [-0.3, -0.25) is 14.4 Å². The highest BCUT2D eigenvalue weighted by atomic mass is 16.3. The van der Waals surface area contributed by atoms with Gasteiger partial charge in [-0.1, -0.05) is 40.7 Å². The molecule has 0 saturated heterocycles. The van der Waals surface area contributed by atoms with Crippen molar-refractivity contribution in [3.63, 3.8) is 0 Å². The van der Waals surface area contributed by atoms with Crippen molar-refractivity contribution in [1.29, 1.82) is 0 Å². The van der Waals surface area contributed by atoms with Gasteiger partial charge in [0.25, 0.3) is 0 Å². The number of hydrogen-bond donors (Lipinski definition) is 2. The molecule has 162 valence electrons. The molecule has 7 nitrogen and oxygen atoms in total. The molecule has 0 heterocycles. The van der Waals surface area contributed by atoms with E-state index < -0.39 is 30.0 Å². The quantitative estimate of drug-likeness (QED) is 0.490. The van der Waals surface area contributed by atoms with Gasteiger partial charge >= 0.3 is 0 Å². The number of nitrogens with zero attached hydrogens (tertiary/aromatic N) is 2. The van der Waals surface area contributed by atoms with Crippen LogP contribution in [0.2, 0.25) is 0 Å². The number of rotatable bonds is 12. The molecule has 7 heteroatoms. The van der Waals surface area contributed by atoms with Crippen LogP contribution in [0.25, 0.3) is 0 Å². The summed E-state index contributed by atoms with van der Waals surface area (Å²) in [5, 5.41) is 10.6. The second-order valence-electron chi connectivity index (χ2n) is 8.41. The minimum absolute atomic E-state index is 0.120. The molecule has 0 bridgehead atoms. The van der Waals surface area contributed by atoms with Gasteiger partial charge in [-0.05, 0) is 30.6 Å². The second-order valence-corrected chi connectivity index (χ2v) is 8.41. The number of nitrogens with two attached hydrogens (primary N) is 1. The predicted molar refractivity (Wildman–Crippen MR) is 111 cm³/mol. The maximum absolute atomic E-state index is 13.2. The first-order valence-corrected chi connectivity index (χ1v) is 9.97. The zero-order chi connectivity index (χ0) is 22.2. The van der Waals surface area contributed by atoms with Gasteiger partial charge < -0.3 is 20.6 Å². The number of likely N-dealkylation sites (N-methyl/N-ethyl adjacent to an activating group) is 2. The molecule has 0 aromatic heterocycles. The summed E-state index contributed by atoms with van der Waals surface area (Å²) >= 11 is 0. The molecule has 28 heavy (non-hydrogen) atoms. The first kappa shape index (κ1) is 26.1. The second kappa shape index (κ2) is 11.8. The highest BCUT2D eigenvalue weighted by Crippen LogP contribution is 2.20. The van der Waals surface area contributed by atoms with Gasteiger partial charge in [-0.2, -0.15) is 0 Å². The number of carbonyl (C=O) groups is 3. The standard InChI is InChI=1S/C21H39N3O4/c1-9-10-15(6)19(26)18(20(22)27)24(8)21(28)17(14(4)5)23(7)16(25)12-11-13(2)3/h9,13-15,17-19,26H,1,10-12H2,2-8H3,(H2,22,27)/t15-,17+,18+,19-/m1/s1. The van der Waals surface area contributed by atoms with E-state index in [-0.39, 0.29) is 17.7 Å². The molecule has 0 unspecified atom stereocenters. The van der Waals surface area contributed by atoms with Crippen molar-refractivity contribution in [2.24, 2.45) is 23.5 Å². The van der Waals surface area contributed by atoms with Crippen LogP contribution in [-0.2, 0) is 14.4 Å². The molecule has 0 aliphatic carbocycles. The lowest BCUT2D eigenvalue weighted by atomic mass is 9.92. The minimum Gasteiger partial charge on any atom is -0.390 e. The minimum atomic E-state index is -1.18. The zero-order valence-corrected chi connectivity index (χ0v) is 18.5. The fraction of sp³-hybridized carbons (Fsp3) is 0.762. The molecule has 0 aliphatic rings. The largest absolute Gasteiger partial charge is 0.390 e. The molecule has 0 saturated carbocycles. The highest BCUT2D eigenvalue weighted by Gasteiger charge is 2.39.